The summed E-state index contributed by atoms with van der Waals surface area (Å²) in [7, 11) is 0. The molecule has 4 nitrogen and oxygen atoms in total. The maximum absolute atomic E-state index is 10.8. The quantitative estimate of drug-likeness (QED) is 0.562. The van der Waals surface area contributed by atoms with Crippen molar-refractivity contribution >= 4 is 50.0 Å². The monoisotopic (exact) mass is 238 g/mol. The van der Waals surface area contributed by atoms with Crippen molar-refractivity contribution in [2.75, 3.05) is 0 Å². The van der Waals surface area contributed by atoms with Gasteiger partial charge >= 0.3 is 43.7 Å². The molecule has 0 amide bonds. The molecule has 1 heterocycles. The second kappa shape index (κ2) is 8.13. The summed E-state index contributed by atoms with van der Waals surface area (Å²) in [6, 6.07) is -0.166. The van der Waals surface area contributed by atoms with Crippen molar-refractivity contribution in [3.05, 3.63) is 11.8 Å². The molecule has 0 fully saturated rings. The zero-order valence-electron chi connectivity index (χ0n) is 11.1. The molecule has 1 unspecified atom stereocenters. The summed E-state index contributed by atoms with van der Waals surface area (Å²) < 4.78 is 0. The van der Waals surface area contributed by atoms with Gasteiger partial charge in [-0.15, -0.1) is 0 Å². The average Bonchev–Trinajstić information content (AvgIpc) is 2.19. The second-order valence-electron chi connectivity index (χ2n) is 3.36. The Morgan fingerprint density at radius 1 is 1.67 bits per heavy atom. The standard InChI is InChI=1S/C10H16N2O2.Ca.2H/c1-2-3-4-5-9-8(10(13)14)6-11-7-12-9;;;/h6-7,9H,2-5H2,1H3,(H,11,12)(H,13,14);;;/q;+2;2*-1. The van der Waals surface area contributed by atoms with Gasteiger partial charge in [-0.3, -0.25) is 4.99 Å². The molecule has 0 spiro atoms. The van der Waals surface area contributed by atoms with Crippen LogP contribution in [0.1, 0.15) is 35.5 Å². The molecule has 0 aliphatic carbocycles. The van der Waals surface area contributed by atoms with Gasteiger partial charge in [0.2, 0.25) is 0 Å². The van der Waals surface area contributed by atoms with E-state index in [9.17, 15) is 4.79 Å². The fourth-order valence-corrected chi connectivity index (χ4v) is 1.46. The van der Waals surface area contributed by atoms with Crippen molar-refractivity contribution in [2.45, 2.75) is 38.6 Å². The first kappa shape index (κ1) is 14.9. The summed E-state index contributed by atoms with van der Waals surface area (Å²) in [5, 5.41) is 11.6. The Kier molecular flexibility index (Phi) is 8.10. The first-order chi connectivity index (χ1) is 6.75. The van der Waals surface area contributed by atoms with Crippen LogP contribution < -0.4 is 5.32 Å². The van der Waals surface area contributed by atoms with Crippen LogP contribution >= 0.6 is 0 Å². The molecule has 82 valence electrons. The molecule has 0 radical (unpaired) electrons. The Hall–Kier alpha value is -0.0603. The van der Waals surface area contributed by atoms with Crippen molar-refractivity contribution in [1.29, 1.82) is 0 Å². The van der Waals surface area contributed by atoms with Gasteiger partial charge in [0.25, 0.3) is 0 Å². The Bertz CT molecular complexity index is 273. The number of carboxylic acid groups (broad SMARTS) is 1. The maximum atomic E-state index is 10.8. The van der Waals surface area contributed by atoms with E-state index in [0.717, 1.165) is 25.7 Å². The molecule has 1 aliphatic rings. The van der Waals surface area contributed by atoms with Gasteiger partial charge in [-0.25, -0.2) is 4.79 Å². The number of nitrogens with zero attached hydrogens (tertiary/aromatic N) is 1. The number of hydrogen-bond acceptors (Lipinski definition) is 3. The third-order valence-corrected chi connectivity index (χ3v) is 2.25. The van der Waals surface area contributed by atoms with E-state index < -0.39 is 5.97 Å². The fraction of sp³-hybridized carbons (Fsp3) is 0.600. The molecule has 15 heavy (non-hydrogen) atoms. The molecule has 0 aromatic carbocycles. The van der Waals surface area contributed by atoms with Crippen molar-refractivity contribution in [3.8, 4) is 0 Å². The summed E-state index contributed by atoms with van der Waals surface area (Å²) >= 11 is 0. The van der Waals surface area contributed by atoms with E-state index in [1.807, 2.05) is 0 Å². The average molecular weight is 238 g/mol. The topological polar surface area (TPSA) is 61.7 Å². The van der Waals surface area contributed by atoms with E-state index in [-0.39, 0.29) is 46.6 Å². The van der Waals surface area contributed by atoms with E-state index in [2.05, 4.69) is 17.2 Å². The van der Waals surface area contributed by atoms with Crippen LogP contribution in [-0.2, 0) is 4.79 Å². The molecule has 1 aliphatic heterocycles. The molecular formula is C10H18CaN2O2. The number of unbranched alkanes of at least 4 members (excludes halogenated alkanes) is 2. The third kappa shape index (κ3) is 5.00. The summed E-state index contributed by atoms with van der Waals surface area (Å²) in [4.78, 5) is 14.9. The molecule has 5 heteroatoms. The van der Waals surface area contributed by atoms with Gasteiger partial charge in [0.15, 0.2) is 0 Å². The van der Waals surface area contributed by atoms with Gasteiger partial charge in [0.05, 0.1) is 18.0 Å². The van der Waals surface area contributed by atoms with Crippen LogP contribution in [0.2, 0.25) is 0 Å². The van der Waals surface area contributed by atoms with Crippen LogP contribution in [0.4, 0.5) is 0 Å². The largest absolute Gasteiger partial charge is 2.00 e. The zero-order chi connectivity index (χ0) is 10.4. The van der Waals surface area contributed by atoms with Gasteiger partial charge in [-0.05, 0) is 6.42 Å². The van der Waals surface area contributed by atoms with Gasteiger partial charge < -0.3 is 13.3 Å². The molecule has 0 aromatic heterocycles. The van der Waals surface area contributed by atoms with Crippen molar-refractivity contribution in [2.24, 2.45) is 4.99 Å². The zero-order valence-corrected chi connectivity index (χ0v) is 11.3. The van der Waals surface area contributed by atoms with Gasteiger partial charge in [0, 0.05) is 6.20 Å². The van der Waals surface area contributed by atoms with Crippen molar-refractivity contribution in [1.82, 2.24) is 5.32 Å². The minimum atomic E-state index is -0.879. The summed E-state index contributed by atoms with van der Waals surface area (Å²) in [5.74, 6) is -0.879. The predicted octanol–water partition coefficient (Wildman–Crippen LogP) is 1.38. The Morgan fingerprint density at radius 2 is 2.40 bits per heavy atom. The maximum Gasteiger partial charge on any atom is 2.00 e. The minimum absolute atomic E-state index is 0. The van der Waals surface area contributed by atoms with E-state index in [1.165, 1.54) is 6.20 Å². The Balaban J connectivity index is -0.000000653. The molecule has 2 N–H and O–H groups in total. The molecule has 0 aromatic rings. The van der Waals surface area contributed by atoms with Gasteiger partial charge in [0.1, 0.15) is 0 Å². The second-order valence-corrected chi connectivity index (χ2v) is 3.36. The molecular weight excluding hydrogens is 220 g/mol. The normalized spacial score (nSPS) is 18.7. The first-order valence-electron chi connectivity index (χ1n) is 4.96. The number of hydrogen-bond donors (Lipinski definition) is 2. The fourth-order valence-electron chi connectivity index (χ4n) is 1.46. The smallest absolute Gasteiger partial charge is 1.00 e. The first-order valence-corrected chi connectivity index (χ1v) is 4.96. The number of aliphatic carboxylic acids is 1. The minimum Gasteiger partial charge on any atom is -1.00 e. The number of carboxylic acids is 1. The number of aliphatic imine (C=N–C) groups is 1. The number of rotatable bonds is 5. The van der Waals surface area contributed by atoms with Crippen LogP contribution in [0.3, 0.4) is 0 Å². The number of carbonyl (C=O) groups is 1. The third-order valence-electron chi connectivity index (χ3n) is 2.25. The van der Waals surface area contributed by atoms with Gasteiger partial charge in [-0.1, -0.05) is 26.2 Å². The van der Waals surface area contributed by atoms with Crippen molar-refractivity contribution < 1.29 is 12.8 Å². The predicted molar refractivity (Wildman–Crippen MR) is 63.3 cm³/mol. The SMILES string of the molecule is CCCCCC1N=CNC=C1C(=O)O.[Ca+2].[H-].[H-]. The van der Waals surface area contributed by atoms with E-state index >= 15 is 0 Å². The van der Waals surface area contributed by atoms with E-state index in [4.69, 9.17) is 5.11 Å². The van der Waals surface area contributed by atoms with Crippen LogP contribution in [0.25, 0.3) is 0 Å². The van der Waals surface area contributed by atoms with Crippen LogP contribution in [0.5, 0.6) is 0 Å². The van der Waals surface area contributed by atoms with Crippen LogP contribution in [0, 0.1) is 0 Å². The van der Waals surface area contributed by atoms with E-state index in [1.54, 1.807) is 6.34 Å². The molecule has 1 atom stereocenters. The van der Waals surface area contributed by atoms with Crippen LogP contribution in [-0.4, -0.2) is 61.2 Å². The summed E-state index contributed by atoms with van der Waals surface area (Å²) in [5.41, 5.74) is 0.364. The summed E-state index contributed by atoms with van der Waals surface area (Å²) in [6.07, 6.45) is 7.20. The molecule has 0 saturated heterocycles. The molecule has 1 rings (SSSR count). The van der Waals surface area contributed by atoms with E-state index in [0.29, 0.717) is 5.57 Å². The molecule has 0 bridgehead atoms. The van der Waals surface area contributed by atoms with Crippen LogP contribution in [0.15, 0.2) is 16.8 Å². The van der Waals surface area contributed by atoms with Gasteiger partial charge in [-0.2, -0.15) is 0 Å². The Morgan fingerprint density at radius 3 is 3.00 bits per heavy atom. The summed E-state index contributed by atoms with van der Waals surface area (Å²) in [6.45, 7) is 2.12. The Labute approximate surface area is 123 Å². The van der Waals surface area contributed by atoms with Crippen molar-refractivity contribution in [3.63, 3.8) is 0 Å². The number of nitrogens with one attached hydrogen (secondary N) is 1. The molecule has 0 saturated carbocycles.